The molecule has 0 bridgehead atoms. The Bertz CT molecular complexity index is 799. The number of carbonyl (C=O) groups is 2. The van der Waals surface area contributed by atoms with Crippen LogP contribution < -0.4 is 10.6 Å². The van der Waals surface area contributed by atoms with E-state index in [-0.39, 0.29) is 17.2 Å². The van der Waals surface area contributed by atoms with Crippen molar-refractivity contribution in [1.82, 2.24) is 20.4 Å². The number of rotatable bonds is 7. The summed E-state index contributed by atoms with van der Waals surface area (Å²) in [5.41, 5.74) is 2.29. The SMILES string of the molecule is CN=C(NCCCC(=O)N1CCc2ccccc2C1)NCC1(C(=O)N(C)C)CCCC1. The maximum atomic E-state index is 12.7. The van der Waals surface area contributed by atoms with E-state index in [0.717, 1.165) is 45.1 Å². The normalized spacial score (nSPS) is 17.8. The zero-order valence-electron chi connectivity index (χ0n) is 19.2. The lowest BCUT2D eigenvalue weighted by Crippen LogP contribution is -2.49. The average Bonchev–Trinajstić information content (AvgIpc) is 3.27. The molecule has 2 amide bonds. The number of aliphatic imine (C=N–C) groups is 1. The van der Waals surface area contributed by atoms with Gasteiger partial charge in [0.15, 0.2) is 5.96 Å². The third kappa shape index (κ3) is 5.77. The van der Waals surface area contributed by atoms with Crippen LogP contribution in [0.4, 0.5) is 0 Å². The molecule has 0 spiro atoms. The molecule has 1 aliphatic heterocycles. The Morgan fingerprint density at radius 1 is 1.13 bits per heavy atom. The summed E-state index contributed by atoms with van der Waals surface area (Å²) in [5.74, 6) is 1.10. The minimum Gasteiger partial charge on any atom is -0.356 e. The van der Waals surface area contributed by atoms with Crippen molar-refractivity contribution in [3.05, 3.63) is 35.4 Å². The Hall–Kier alpha value is -2.57. The maximum absolute atomic E-state index is 12.7. The van der Waals surface area contributed by atoms with Crippen LogP contribution in [0.2, 0.25) is 0 Å². The third-order valence-electron chi connectivity index (χ3n) is 6.58. The van der Waals surface area contributed by atoms with Crippen molar-refractivity contribution < 1.29 is 9.59 Å². The number of carbonyl (C=O) groups excluding carboxylic acids is 2. The van der Waals surface area contributed by atoms with Gasteiger partial charge in [0.05, 0.1) is 5.41 Å². The summed E-state index contributed by atoms with van der Waals surface area (Å²) >= 11 is 0. The minimum atomic E-state index is -0.332. The van der Waals surface area contributed by atoms with Gasteiger partial charge in [0.25, 0.3) is 0 Å². The monoisotopic (exact) mass is 427 g/mol. The van der Waals surface area contributed by atoms with Crippen molar-refractivity contribution >= 4 is 17.8 Å². The molecule has 0 atom stereocenters. The van der Waals surface area contributed by atoms with Crippen molar-refractivity contribution in [3.63, 3.8) is 0 Å². The molecule has 1 aromatic carbocycles. The van der Waals surface area contributed by atoms with Gasteiger partial charge in [-0.05, 0) is 36.8 Å². The quantitative estimate of drug-likeness (QED) is 0.397. The second kappa shape index (κ2) is 10.6. The first kappa shape index (κ1) is 23.1. The van der Waals surface area contributed by atoms with Crippen LogP contribution >= 0.6 is 0 Å². The van der Waals surface area contributed by atoms with Crippen molar-refractivity contribution in [1.29, 1.82) is 0 Å². The molecule has 1 aromatic rings. The average molecular weight is 428 g/mol. The van der Waals surface area contributed by atoms with Gasteiger partial charge in [-0.25, -0.2) is 0 Å². The fraction of sp³-hybridized carbons (Fsp3) is 0.625. The molecule has 7 heteroatoms. The first-order valence-corrected chi connectivity index (χ1v) is 11.5. The van der Waals surface area contributed by atoms with Crippen LogP contribution in [0.1, 0.15) is 49.7 Å². The number of guanidine groups is 1. The molecule has 0 unspecified atom stereocenters. The van der Waals surface area contributed by atoms with E-state index < -0.39 is 0 Å². The first-order chi connectivity index (χ1) is 14.9. The molecule has 3 rings (SSSR count). The van der Waals surface area contributed by atoms with Gasteiger partial charge in [0, 0.05) is 53.7 Å². The van der Waals surface area contributed by atoms with Crippen LogP contribution in [-0.2, 0) is 22.6 Å². The predicted octanol–water partition coefficient (Wildman–Crippen LogP) is 2.17. The van der Waals surface area contributed by atoms with Gasteiger partial charge in [-0.1, -0.05) is 37.1 Å². The lowest BCUT2D eigenvalue weighted by Gasteiger charge is -2.31. The van der Waals surface area contributed by atoms with Crippen molar-refractivity contribution in [2.75, 3.05) is 40.8 Å². The number of fused-ring (bicyclic) bond motifs is 1. The Balaban J connectivity index is 1.40. The van der Waals surface area contributed by atoms with E-state index in [4.69, 9.17) is 0 Å². The summed E-state index contributed by atoms with van der Waals surface area (Å²) < 4.78 is 0. The Kier molecular flexibility index (Phi) is 7.93. The molecule has 170 valence electrons. The van der Waals surface area contributed by atoms with Crippen LogP contribution in [0.5, 0.6) is 0 Å². The number of nitrogens with zero attached hydrogens (tertiary/aromatic N) is 3. The zero-order valence-corrected chi connectivity index (χ0v) is 19.2. The largest absolute Gasteiger partial charge is 0.356 e. The van der Waals surface area contributed by atoms with Crippen LogP contribution in [0.25, 0.3) is 0 Å². The molecule has 1 saturated carbocycles. The van der Waals surface area contributed by atoms with Crippen LogP contribution in [0.3, 0.4) is 0 Å². The molecule has 31 heavy (non-hydrogen) atoms. The van der Waals surface area contributed by atoms with Crippen molar-refractivity contribution in [2.45, 2.75) is 51.5 Å². The Morgan fingerprint density at radius 3 is 2.52 bits per heavy atom. The zero-order chi connectivity index (χ0) is 22.3. The second-order valence-electron chi connectivity index (χ2n) is 8.98. The topological polar surface area (TPSA) is 77.0 Å². The molecule has 7 nitrogen and oxygen atoms in total. The lowest BCUT2D eigenvalue weighted by molar-refractivity contribution is -0.139. The summed E-state index contributed by atoms with van der Waals surface area (Å²) in [7, 11) is 5.39. The molecular weight excluding hydrogens is 390 g/mol. The number of hydrogen-bond donors (Lipinski definition) is 2. The smallest absolute Gasteiger partial charge is 0.230 e. The summed E-state index contributed by atoms with van der Waals surface area (Å²) in [6, 6.07) is 8.37. The van der Waals surface area contributed by atoms with Crippen molar-refractivity contribution in [2.24, 2.45) is 10.4 Å². The second-order valence-corrected chi connectivity index (χ2v) is 8.98. The Morgan fingerprint density at radius 2 is 1.84 bits per heavy atom. The minimum absolute atomic E-state index is 0.196. The molecule has 1 heterocycles. The van der Waals surface area contributed by atoms with E-state index in [1.165, 1.54) is 11.1 Å². The van der Waals surface area contributed by atoms with Gasteiger partial charge in [-0.15, -0.1) is 0 Å². The van der Waals surface area contributed by atoms with Gasteiger partial charge in [0.2, 0.25) is 11.8 Å². The van der Waals surface area contributed by atoms with Crippen LogP contribution in [0, 0.1) is 5.41 Å². The van der Waals surface area contributed by atoms with Gasteiger partial charge >= 0.3 is 0 Å². The lowest BCUT2D eigenvalue weighted by atomic mass is 9.84. The molecule has 0 saturated heterocycles. The highest BCUT2D eigenvalue weighted by molar-refractivity contribution is 5.85. The summed E-state index contributed by atoms with van der Waals surface area (Å²) in [5, 5.41) is 6.64. The highest BCUT2D eigenvalue weighted by Crippen LogP contribution is 2.38. The van der Waals surface area contributed by atoms with Gasteiger partial charge in [-0.2, -0.15) is 0 Å². The number of nitrogens with one attached hydrogen (secondary N) is 2. The van der Waals surface area contributed by atoms with Crippen LogP contribution in [-0.4, -0.2) is 68.4 Å². The third-order valence-corrected chi connectivity index (χ3v) is 6.58. The standard InChI is InChI=1S/C24H37N5O2/c1-25-23(27-18-24(13-6-7-14-24)22(31)28(2)3)26-15-8-11-21(30)29-16-12-19-9-4-5-10-20(19)17-29/h4-5,9-10H,6-8,11-18H2,1-3H3,(H2,25,26,27). The highest BCUT2D eigenvalue weighted by atomic mass is 16.2. The highest BCUT2D eigenvalue weighted by Gasteiger charge is 2.42. The van der Waals surface area contributed by atoms with Gasteiger partial charge in [-0.3, -0.25) is 14.6 Å². The molecule has 0 aromatic heterocycles. The first-order valence-electron chi connectivity index (χ1n) is 11.5. The number of benzene rings is 1. The summed E-state index contributed by atoms with van der Waals surface area (Å²) in [6.07, 6.45) is 6.23. The van der Waals surface area contributed by atoms with E-state index in [9.17, 15) is 9.59 Å². The fourth-order valence-corrected chi connectivity index (χ4v) is 4.78. The van der Waals surface area contributed by atoms with Crippen molar-refractivity contribution in [3.8, 4) is 0 Å². The molecule has 1 fully saturated rings. The molecule has 2 aliphatic rings. The predicted molar refractivity (Wildman–Crippen MR) is 124 cm³/mol. The van der Waals surface area contributed by atoms with Gasteiger partial charge < -0.3 is 20.4 Å². The number of amides is 2. The van der Waals surface area contributed by atoms with Gasteiger partial charge in [0.1, 0.15) is 0 Å². The maximum Gasteiger partial charge on any atom is 0.230 e. The van der Waals surface area contributed by atoms with E-state index in [1.54, 1.807) is 11.9 Å². The Labute approximate surface area is 186 Å². The van der Waals surface area contributed by atoms with E-state index >= 15 is 0 Å². The van der Waals surface area contributed by atoms with E-state index in [2.05, 4.69) is 33.8 Å². The van der Waals surface area contributed by atoms with E-state index in [1.807, 2.05) is 25.1 Å². The fourth-order valence-electron chi connectivity index (χ4n) is 4.78. The summed E-state index contributed by atoms with van der Waals surface area (Å²) in [4.78, 5) is 33.3. The van der Waals surface area contributed by atoms with E-state index in [0.29, 0.717) is 32.0 Å². The molecular formula is C24H37N5O2. The van der Waals surface area contributed by atoms with Crippen LogP contribution in [0.15, 0.2) is 29.3 Å². The molecule has 2 N–H and O–H groups in total. The summed E-state index contributed by atoms with van der Waals surface area (Å²) in [6.45, 7) is 2.78. The molecule has 1 aliphatic carbocycles. The molecule has 0 radical (unpaired) electrons. The number of hydrogen-bond acceptors (Lipinski definition) is 3.